The van der Waals surface area contributed by atoms with Gasteiger partial charge >= 0.3 is 0 Å². The minimum Gasteiger partial charge on any atom is -0.497 e. The van der Waals surface area contributed by atoms with Crippen molar-refractivity contribution in [3.8, 4) is 11.4 Å². The summed E-state index contributed by atoms with van der Waals surface area (Å²) < 4.78 is 6.87. The molecule has 0 fully saturated rings. The van der Waals surface area contributed by atoms with Gasteiger partial charge in [-0.3, -0.25) is 19.1 Å². The monoisotopic (exact) mass is 505 g/mol. The fraction of sp³-hybridized carbons (Fsp3) is 0.240. The maximum atomic E-state index is 13.8. The summed E-state index contributed by atoms with van der Waals surface area (Å²) >= 11 is 2.81. The summed E-state index contributed by atoms with van der Waals surface area (Å²) in [6, 6.07) is 10.9. The molecule has 1 aliphatic carbocycles. The highest BCUT2D eigenvalue weighted by Gasteiger charge is 2.23. The Morgan fingerprint density at radius 2 is 2.09 bits per heavy atom. The van der Waals surface area contributed by atoms with Gasteiger partial charge in [0.25, 0.3) is 11.5 Å². The van der Waals surface area contributed by atoms with Crippen LogP contribution in [-0.2, 0) is 17.6 Å². The highest BCUT2D eigenvalue weighted by Crippen LogP contribution is 2.35. The average Bonchev–Trinajstić information content (AvgIpc) is 3.27. The number of nitrogens with one attached hydrogen (secondary N) is 1. The summed E-state index contributed by atoms with van der Waals surface area (Å²) in [5, 5.41) is 5.16. The molecule has 3 aromatic heterocycles. The molecule has 10 heteroatoms. The van der Waals surface area contributed by atoms with Gasteiger partial charge in [0.1, 0.15) is 10.6 Å². The number of hydrogen-bond acceptors (Lipinski definition) is 8. The smallest absolute Gasteiger partial charge is 0.267 e. The van der Waals surface area contributed by atoms with Crippen molar-refractivity contribution in [2.75, 3.05) is 12.9 Å². The Morgan fingerprint density at radius 1 is 1.26 bits per heavy atom. The first-order valence-corrected chi connectivity index (χ1v) is 13.0. The molecule has 0 saturated carbocycles. The predicted octanol–water partition coefficient (Wildman–Crippen LogP) is 3.97. The number of benzene rings is 1. The molecule has 1 N–H and O–H groups in total. The number of thiophene rings is 1. The third-order valence-corrected chi connectivity index (χ3v) is 7.83. The zero-order valence-electron chi connectivity index (χ0n) is 19.1. The lowest BCUT2D eigenvalue weighted by Crippen LogP contribution is -2.24. The van der Waals surface area contributed by atoms with Crippen LogP contribution in [0.2, 0.25) is 0 Å². The Bertz CT molecular complexity index is 1450. The van der Waals surface area contributed by atoms with Crippen molar-refractivity contribution in [3.63, 3.8) is 0 Å². The topological polar surface area (TPSA) is 98.5 Å². The zero-order chi connectivity index (χ0) is 24.2. The van der Waals surface area contributed by atoms with E-state index in [0.717, 1.165) is 41.6 Å². The second-order valence-corrected chi connectivity index (χ2v) is 10.0. The van der Waals surface area contributed by atoms with Crippen LogP contribution in [0.1, 0.15) is 28.8 Å². The Hall–Kier alpha value is -3.50. The number of carbonyl (C=O) groups excluding carboxylic acids is 1. The molecular formula is C25H23N5O3S2. The van der Waals surface area contributed by atoms with Crippen molar-refractivity contribution in [3.05, 3.63) is 75.1 Å². The molecule has 8 nitrogen and oxygen atoms in total. The van der Waals surface area contributed by atoms with Gasteiger partial charge in [-0.2, -0.15) is 5.10 Å². The van der Waals surface area contributed by atoms with Crippen molar-refractivity contribution < 1.29 is 9.53 Å². The van der Waals surface area contributed by atoms with E-state index in [0.29, 0.717) is 22.0 Å². The number of ether oxygens (including phenoxy) is 1. The minimum atomic E-state index is -0.295. The molecule has 0 radical (unpaired) electrons. The van der Waals surface area contributed by atoms with Crippen LogP contribution < -0.4 is 15.7 Å². The van der Waals surface area contributed by atoms with E-state index in [1.54, 1.807) is 41.5 Å². The summed E-state index contributed by atoms with van der Waals surface area (Å²) in [6.07, 6.45) is 8.95. The highest BCUT2D eigenvalue weighted by molar-refractivity contribution is 7.99. The lowest BCUT2D eigenvalue weighted by atomic mass is 9.97. The summed E-state index contributed by atoms with van der Waals surface area (Å²) in [4.78, 5) is 37.1. The third kappa shape index (κ3) is 4.98. The standard InChI is InChI=1S/C25H23N5O3S2/c1-33-18-10-8-17(9-11-18)30-24(32)22-19-6-2-3-7-20(19)35-23(22)28-25(30)34-15-21(31)29-27-14-16-5-4-12-26-13-16/h4-5,8-14H,2-3,6-7,15H2,1H3,(H,29,31). The first-order valence-electron chi connectivity index (χ1n) is 11.2. The summed E-state index contributed by atoms with van der Waals surface area (Å²) in [5.74, 6) is 0.462. The van der Waals surface area contributed by atoms with E-state index in [2.05, 4.69) is 15.5 Å². The first kappa shape index (κ1) is 23.3. The number of fused-ring (bicyclic) bond motifs is 3. The maximum Gasteiger partial charge on any atom is 0.267 e. The van der Waals surface area contributed by atoms with Crippen LogP contribution in [0.4, 0.5) is 0 Å². The summed E-state index contributed by atoms with van der Waals surface area (Å²) in [5.41, 5.74) is 5.01. The number of hydrazone groups is 1. The maximum absolute atomic E-state index is 13.8. The molecule has 0 saturated heterocycles. The Balaban J connectivity index is 1.45. The number of pyridine rings is 1. The number of thioether (sulfide) groups is 1. The lowest BCUT2D eigenvalue weighted by Gasteiger charge is -2.14. The average molecular weight is 506 g/mol. The van der Waals surface area contributed by atoms with Gasteiger partial charge in [-0.25, -0.2) is 10.4 Å². The van der Waals surface area contributed by atoms with Gasteiger partial charge in [0.15, 0.2) is 5.16 Å². The number of carbonyl (C=O) groups is 1. The van der Waals surface area contributed by atoms with Crippen LogP contribution >= 0.6 is 23.1 Å². The zero-order valence-corrected chi connectivity index (χ0v) is 20.7. The Kier molecular flexibility index (Phi) is 6.91. The predicted molar refractivity (Wildman–Crippen MR) is 139 cm³/mol. The number of hydrogen-bond donors (Lipinski definition) is 1. The molecule has 4 aromatic rings. The van der Waals surface area contributed by atoms with Crippen molar-refractivity contribution >= 4 is 45.4 Å². The molecule has 0 atom stereocenters. The molecular weight excluding hydrogens is 482 g/mol. The number of rotatable bonds is 7. The van der Waals surface area contributed by atoms with Crippen LogP contribution in [0.25, 0.3) is 15.9 Å². The molecule has 1 amide bonds. The van der Waals surface area contributed by atoms with E-state index in [1.165, 1.54) is 22.9 Å². The van der Waals surface area contributed by atoms with Crippen LogP contribution in [0.3, 0.4) is 0 Å². The Labute approximate surface area is 210 Å². The molecule has 178 valence electrons. The summed E-state index contributed by atoms with van der Waals surface area (Å²) in [7, 11) is 1.60. The number of aromatic nitrogens is 3. The van der Waals surface area contributed by atoms with E-state index >= 15 is 0 Å². The fourth-order valence-electron chi connectivity index (χ4n) is 4.04. The van der Waals surface area contributed by atoms with Crippen molar-refractivity contribution in [2.24, 2.45) is 5.10 Å². The minimum absolute atomic E-state index is 0.0591. The second kappa shape index (κ2) is 10.4. The van der Waals surface area contributed by atoms with Crippen LogP contribution in [-0.4, -0.2) is 39.5 Å². The van der Waals surface area contributed by atoms with E-state index < -0.39 is 0 Å². The SMILES string of the molecule is COc1ccc(-n2c(SCC(=O)NN=Cc3cccnc3)nc3sc4c(c3c2=O)CCCC4)cc1. The molecule has 0 bridgehead atoms. The Morgan fingerprint density at radius 3 is 2.86 bits per heavy atom. The van der Waals surface area contributed by atoms with E-state index in [-0.39, 0.29) is 17.2 Å². The highest BCUT2D eigenvalue weighted by atomic mass is 32.2. The lowest BCUT2D eigenvalue weighted by molar-refractivity contribution is -0.118. The second-order valence-electron chi connectivity index (χ2n) is 7.99. The van der Waals surface area contributed by atoms with Gasteiger partial charge in [-0.05, 0) is 61.6 Å². The number of aryl methyl sites for hydroxylation is 2. The molecule has 0 unspecified atom stereocenters. The van der Waals surface area contributed by atoms with Gasteiger partial charge in [0.05, 0.1) is 30.2 Å². The van der Waals surface area contributed by atoms with Gasteiger partial charge in [0.2, 0.25) is 0 Å². The van der Waals surface area contributed by atoms with Crippen LogP contribution in [0, 0.1) is 0 Å². The molecule has 35 heavy (non-hydrogen) atoms. The molecule has 1 aromatic carbocycles. The van der Waals surface area contributed by atoms with Gasteiger partial charge < -0.3 is 4.74 Å². The van der Waals surface area contributed by atoms with Crippen molar-refractivity contribution in [1.29, 1.82) is 0 Å². The molecule has 0 spiro atoms. The number of amides is 1. The van der Waals surface area contributed by atoms with E-state index in [4.69, 9.17) is 9.72 Å². The molecule has 0 aliphatic heterocycles. The van der Waals surface area contributed by atoms with E-state index in [1.807, 2.05) is 30.3 Å². The van der Waals surface area contributed by atoms with Crippen molar-refractivity contribution in [1.82, 2.24) is 20.0 Å². The molecule has 5 rings (SSSR count). The quantitative estimate of drug-likeness (QED) is 0.177. The normalized spacial score (nSPS) is 13.2. The summed E-state index contributed by atoms with van der Waals surface area (Å²) in [6.45, 7) is 0. The molecule has 1 aliphatic rings. The fourth-order valence-corrected chi connectivity index (χ4v) is 6.14. The van der Waals surface area contributed by atoms with Crippen LogP contribution in [0.5, 0.6) is 5.75 Å². The number of nitrogens with zero attached hydrogens (tertiary/aromatic N) is 4. The first-order chi connectivity index (χ1) is 17.1. The van der Waals surface area contributed by atoms with Gasteiger partial charge in [-0.15, -0.1) is 11.3 Å². The van der Waals surface area contributed by atoms with Gasteiger partial charge in [-0.1, -0.05) is 17.8 Å². The molecule has 3 heterocycles. The van der Waals surface area contributed by atoms with Gasteiger partial charge in [0, 0.05) is 22.8 Å². The van der Waals surface area contributed by atoms with E-state index in [9.17, 15) is 9.59 Å². The van der Waals surface area contributed by atoms with Crippen molar-refractivity contribution in [2.45, 2.75) is 30.8 Å². The third-order valence-electron chi connectivity index (χ3n) is 5.71. The largest absolute Gasteiger partial charge is 0.497 e. The van der Waals surface area contributed by atoms with Crippen LogP contribution in [0.15, 0.2) is 63.8 Å². The number of methoxy groups -OCH3 is 1.